The number of para-hydroxylation sites is 1. The van der Waals surface area contributed by atoms with Crippen LogP contribution >= 0.6 is 11.8 Å². The second-order valence-electron chi connectivity index (χ2n) is 3.94. The van der Waals surface area contributed by atoms with Crippen molar-refractivity contribution in [1.82, 2.24) is 0 Å². The van der Waals surface area contributed by atoms with E-state index < -0.39 is 0 Å². The molecule has 0 aliphatic heterocycles. The van der Waals surface area contributed by atoms with Crippen molar-refractivity contribution < 1.29 is 0 Å². The summed E-state index contributed by atoms with van der Waals surface area (Å²) in [6.07, 6.45) is 3.92. The fraction of sp³-hybridized carbons (Fsp3) is 0.462. The Bertz CT molecular complexity index is 327. The van der Waals surface area contributed by atoms with E-state index in [-0.39, 0.29) is 5.84 Å². The first-order chi connectivity index (χ1) is 8.24. The van der Waals surface area contributed by atoms with Gasteiger partial charge < -0.3 is 10.6 Å². The monoisotopic (exact) mass is 251 g/mol. The number of amidine groups is 1. The van der Waals surface area contributed by atoms with E-state index in [0.717, 1.165) is 19.5 Å². The Kier molecular flexibility index (Phi) is 6.55. The van der Waals surface area contributed by atoms with Crippen molar-refractivity contribution in [1.29, 1.82) is 5.41 Å². The molecule has 0 unspecified atom stereocenters. The van der Waals surface area contributed by atoms with Crippen molar-refractivity contribution in [3.05, 3.63) is 30.3 Å². The molecular weight excluding hydrogens is 230 g/mol. The number of anilines is 1. The molecule has 3 N–H and O–H groups in total. The first-order valence-electron chi connectivity index (χ1n) is 5.86. The van der Waals surface area contributed by atoms with Gasteiger partial charge in [0.1, 0.15) is 0 Å². The van der Waals surface area contributed by atoms with Crippen LogP contribution in [0.5, 0.6) is 0 Å². The molecule has 0 radical (unpaired) electrons. The molecule has 4 heteroatoms. The van der Waals surface area contributed by atoms with E-state index in [4.69, 9.17) is 11.1 Å². The van der Waals surface area contributed by atoms with E-state index in [1.54, 1.807) is 0 Å². The van der Waals surface area contributed by atoms with Gasteiger partial charge in [0.2, 0.25) is 0 Å². The normalized spacial score (nSPS) is 10.2. The molecule has 17 heavy (non-hydrogen) atoms. The Hall–Kier alpha value is -1.16. The Morgan fingerprint density at radius 2 is 2.00 bits per heavy atom. The minimum absolute atomic E-state index is 0.260. The number of thioether (sulfide) groups is 1. The summed E-state index contributed by atoms with van der Waals surface area (Å²) in [5.41, 5.74) is 6.64. The van der Waals surface area contributed by atoms with Gasteiger partial charge in [0.25, 0.3) is 0 Å². The zero-order chi connectivity index (χ0) is 12.5. The molecule has 0 spiro atoms. The summed E-state index contributed by atoms with van der Waals surface area (Å²) in [6, 6.07) is 10.3. The molecule has 0 saturated heterocycles. The highest BCUT2D eigenvalue weighted by molar-refractivity contribution is 7.98. The Morgan fingerprint density at radius 1 is 1.29 bits per heavy atom. The van der Waals surface area contributed by atoms with Gasteiger partial charge in [-0.05, 0) is 30.6 Å². The summed E-state index contributed by atoms with van der Waals surface area (Å²) in [6.45, 7) is 1.85. The molecule has 1 rings (SSSR count). The van der Waals surface area contributed by atoms with E-state index >= 15 is 0 Å². The van der Waals surface area contributed by atoms with Gasteiger partial charge >= 0.3 is 0 Å². The van der Waals surface area contributed by atoms with Crippen LogP contribution in [-0.2, 0) is 0 Å². The summed E-state index contributed by atoms with van der Waals surface area (Å²) >= 11 is 1.87. The highest BCUT2D eigenvalue weighted by Gasteiger charge is 2.05. The molecular formula is C13H21N3S. The van der Waals surface area contributed by atoms with Crippen LogP contribution in [0.4, 0.5) is 5.69 Å². The summed E-state index contributed by atoms with van der Waals surface area (Å²) < 4.78 is 0. The molecule has 0 aromatic heterocycles. The van der Waals surface area contributed by atoms with E-state index in [9.17, 15) is 0 Å². The minimum Gasteiger partial charge on any atom is -0.388 e. The lowest BCUT2D eigenvalue weighted by Crippen LogP contribution is -2.29. The van der Waals surface area contributed by atoms with Crippen molar-refractivity contribution in [2.45, 2.75) is 12.8 Å². The Morgan fingerprint density at radius 3 is 2.59 bits per heavy atom. The fourth-order valence-electron chi connectivity index (χ4n) is 1.66. The second kappa shape index (κ2) is 8.01. The predicted octanol–water partition coefficient (Wildman–Crippen LogP) is 2.57. The molecule has 0 heterocycles. The summed E-state index contributed by atoms with van der Waals surface area (Å²) in [4.78, 5) is 2.30. The first-order valence-corrected chi connectivity index (χ1v) is 7.25. The molecule has 94 valence electrons. The lowest BCUT2D eigenvalue weighted by atomic mass is 10.2. The smallest absolute Gasteiger partial charge is 0.0923 e. The molecule has 3 nitrogen and oxygen atoms in total. The number of rotatable bonds is 8. The van der Waals surface area contributed by atoms with Crippen LogP contribution in [0.25, 0.3) is 0 Å². The van der Waals surface area contributed by atoms with Gasteiger partial charge in [-0.1, -0.05) is 18.2 Å². The number of nitrogens with zero attached hydrogens (tertiary/aromatic N) is 1. The van der Waals surface area contributed by atoms with Crippen LogP contribution in [0.15, 0.2) is 30.3 Å². The maximum Gasteiger partial charge on any atom is 0.0923 e. The highest BCUT2D eigenvalue weighted by atomic mass is 32.2. The van der Waals surface area contributed by atoms with Gasteiger partial charge in [-0.3, -0.25) is 5.41 Å². The third-order valence-corrected chi connectivity index (χ3v) is 3.25. The largest absolute Gasteiger partial charge is 0.388 e. The van der Waals surface area contributed by atoms with Gasteiger partial charge in [0, 0.05) is 25.2 Å². The first kappa shape index (κ1) is 13.9. The number of hydrogen-bond acceptors (Lipinski definition) is 3. The Labute approximate surface area is 108 Å². The molecule has 0 aliphatic carbocycles. The zero-order valence-corrected chi connectivity index (χ0v) is 11.2. The highest BCUT2D eigenvalue weighted by Crippen LogP contribution is 2.14. The Balaban J connectivity index is 2.55. The van der Waals surface area contributed by atoms with Gasteiger partial charge in [0.05, 0.1) is 5.84 Å². The fourth-order valence-corrected chi connectivity index (χ4v) is 2.08. The van der Waals surface area contributed by atoms with Gasteiger partial charge in [-0.15, -0.1) is 0 Å². The standard InChI is InChI=1S/C13H21N3S/c1-17-11-5-9-16(10-8-13(14)15)12-6-3-2-4-7-12/h2-4,6-7H,5,8-11H2,1H3,(H3,14,15). The van der Waals surface area contributed by atoms with Crippen molar-refractivity contribution in [2.24, 2.45) is 5.73 Å². The molecule has 0 atom stereocenters. The van der Waals surface area contributed by atoms with Gasteiger partial charge in [-0.25, -0.2) is 0 Å². The van der Waals surface area contributed by atoms with Crippen molar-refractivity contribution in [3.8, 4) is 0 Å². The second-order valence-corrected chi connectivity index (χ2v) is 4.93. The molecule has 1 aromatic rings. The van der Waals surface area contributed by atoms with E-state index in [1.807, 2.05) is 30.0 Å². The topological polar surface area (TPSA) is 53.1 Å². The number of hydrogen-bond donors (Lipinski definition) is 2. The zero-order valence-electron chi connectivity index (χ0n) is 10.4. The van der Waals surface area contributed by atoms with Crippen LogP contribution < -0.4 is 10.6 Å². The SMILES string of the molecule is CSCCCN(CCC(=N)N)c1ccccc1. The third kappa shape index (κ3) is 5.63. The number of benzene rings is 1. The van der Waals surface area contributed by atoms with Crippen LogP contribution in [0.1, 0.15) is 12.8 Å². The summed E-state index contributed by atoms with van der Waals surface area (Å²) in [7, 11) is 0. The van der Waals surface area contributed by atoms with Crippen LogP contribution in [-0.4, -0.2) is 30.9 Å². The molecule has 0 bridgehead atoms. The van der Waals surface area contributed by atoms with Crippen molar-refractivity contribution in [3.63, 3.8) is 0 Å². The average molecular weight is 251 g/mol. The van der Waals surface area contributed by atoms with E-state index in [1.165, 1.54) is 11.4 Å². The lowest BCUT2D eigenvalue weighted by molar-refractivity contribution is 0.775. The van der Waals surface area contributed by atoms with Crippen molar-refractivity contribution >= 4 is 23.3 Å². The summed E-state index contributed by atoms with van der Waals surface area (Å²) in [5, 5.41) is 7.31. The summed E-state index contributed by atoms with van der Waals surface area (Å²) in [5.74, 6) is 1.43. The molecule has 0 aliphatic rings. The lowest BCUT2D eigenvalue weighted by Gasteiger charge is -2.24. The molecule has 1 aromatic carbocycles. The third-order valence-electron chi connectivity index (χ3n) is 2.55. The number of nitrogens with two attached hydrogens (primary N) is 1. The number of nitrogens with one attached hydrogen (secondary N) is 1. The van der Waals surface area contributed by atoms with Gasteiger partial charge in [-0.2, -0.15) is 11.8 Å². The van der Waals surface area contributed by atoms with E-state index in [0.29, 0.717) is 6.42 Å². The molecule has 0 amide bonds. The molecule has 0 fully saturated rings. The van der Waals surface area contributed by atoms with Crippen LogP contribution in [0.3, 0.4) is 0 Å². The van der Waals surface area contributed by atoms with Gasteiger partial charge in [0.15, 0.2) is 0 Å². The average Bonchev–Trinajstić information content (AvgIpc) is 2.34. The molecule has 0 saturated carbocycles. The predicted molar refractivity (Wildman–Crippen MR) is 78.2 cm³/mol. The maximum atomic E-state index is 7.31. The quantitative estimate of drug-likeness (QED) is 0.424. The van der Waals surface area contributed by atoms with Crippen molar-refractivity contribution in [2.75, 3.05) is 30.0 Å². The minimum atomic E-state index is 0.260. The van der Waals surface area contributed by atoms with E-state index in [2.05, 4.69) is 23.3 Å². The maximum absolute atomic E-state index is 7.31. The van der Waals surface area contributed by atoms with Crippen LogP contribution in [0.2, 0.25) is 0 Å². The van der Waals surface area contributed by atoms with Crippen LogP contribution in [0, 0.1) is 5.41 Å².